The molecule has 0 heterocycles. The molecular weight excluding hydrogens is 203 g/mol. The van der Waals surface area contributed by atoms with Gasteiger partial charge in [0.15, 0.2) is 0 Å². The second kappa shape index (κ2) is 4.17. The van der Waals surface area contributed by atoms with Crippen molar-refractivity contribution in [1.29, 1.82) is 0 Å². The molecule has 4 aliphatic rings. The topological polar surface area (TPSA) is 37.3 Å². The van der Waals surface area contributed by atoms with E-state index in [1.54, 1.807) is 0 Å². The van der Waals surface area contributed by atoms with E-state index in [4.69, 9.17) is 5.11 Å². The summed E-state index contributed by atoms with van der Waals surface area (Å²) in [6, 6.07) is 0. The van der Waals surface area contributed by atoms with Gasteiger partial charge in [0.1, 0.15) is 0 Å². The van der Waals surface area contributed by atoms with Gasteiger partial charge in [-0.3, -0.25) is 4.79 Å². The fraction of sp³-hybridized carbons (Fsp3) is 0.909. The third-order valence-corrected chi connectivity index (χ3v) is 4.51. The standard InChI is InChI=1S/C11H16O2.K.H/c12-11(13)10-8-2-6-1-7(4-8)5-9(10)3-6;;/h6-10H,1-5H2,(H,12,13);;/q;+1;-1. The monoisotopic (exact) mass is 220 g/mol. The molecule has 0 amide bonds. The van der Waals surface area contributed by atoms with Crippen molar-refractivity contribution in [1.82, 2.24) is 0 Å². The zero-order valence-corrected chi connectivity index (χ0v) is 11.9. The summed E-state index contributed by atoms with van der Waals surface area (Å²) in [6.07, 6.45) is 6.25. The molecule has 0 saturated heterocycles. The van der Waals surface area contributed by atoms with Gasteiger partial charge in [0.05, 0.1) is 5.92 Å². The van der Waals surface area contributed by atoms with Gasteiger partial charge in [-0.25, -0.2) is 0 Å². The van der Waals surface area contributed by atoms with Gasteiger partial charge in [0.25, 0.3) is 0 Å². The van der Waals surface area contributed by atoms with Crippen molar-refractivity contribution in [2.45, 2.75) is 32.1 Å². The number of hydrogen-bond acceptors (Lipinski definition) is 1. The van der Waals surface area contributed by atoms with Crippen LogP contribution in [0.25, 0.3) is 0 Å². The number of rotatable bonds is 1. The van der Waals surface area contributed by atoms with Crippen LogP contribution in [0.3, 0.4) is 0 Å². The molecule has 0 radical (unpaired) electrons. The van der Waals surface area contributed by atoms with Gasteiger partial charge >= 0.3 is 57.4 Å². The number of aliphatic carboxylic acids is 1. The van der Waals surface area contributed by atoms with E-state index in [9.17, 15) is 4.79 Å². The fourth-order valence-electron chi connectivity index (χ4n) is 4.33. The average Bonchev–Trinajstić information content (AvgIpc) is 2.00. The third-order valence-electron chi connectivity index (χ3n) is 4.51. The van der Waals surface area contributed by atoms with Gasteiger partial charge in [-0.15, -0.1) is 0 Å². The van der Waals surface area contributed by atoms with E-state index >= 15 is 0 Å². The third kappa shape index (κ3) is 1.75. The Labute approximate surface area is 129 Å². The first-order valence-corrected chi connectivity index (χ1v) is 5.47. The largest absolute Gasteiger partial charge is 1.00 e. The Bertz CT molecular complexity index is 229. The van der Waals surface area contributed by atoms with Crippen molar-refractivity contribution in [3.63, 3.8) is 0 Å². The van der Waals surface area contributed by atoms with Gasteiger partial charge in [-0.2, -0.15) is 0 Å². The van der Waals surface area contributed by atoms with Crippen LogP contribution < -0.4 is 51.4 Å². The van der Waals surface area contributed by atoms with E-state index in [1.807, 2.05) is 0 Å². The van der Waals surface area contributed by atoms with Gasteiger partial charge in [-0.1, -0.05) is 0 Å². The molecule has 14 heavy (non-hydrogen) atoms. The minimum Gasteiger partial charge on any atom is -1.00 e. The zero-order valence-electron chi connectivity index (χ0n) is 9.78. The number of hydrogen-bond donors (Lipinski definition) is 1. The SMILES string of the molecule is O=C(O)C1C2CC3CC(C2)CC1C3.[H-].[K+]. The molecule has 74 valence electrons. The molecular formula is C11H17KO2. The second-order valence-electron chi connectivity index (χ2n) is 5.29. The van der Waals surface area contributed by atoms with Gasteiger partial charge in [-0.05, 0) is 55.8 Å². The van der Waals surface area contributed by atoms with Crippen LogP contribution in [-0.2, 0) is 4.79 Å². The first-order chi connectivity index (χ1) is 6.24. The summed E-state index contributed by atoms with van der Waals surface area (Å²) < 4.78 is 0. The predicted molar refractivity (Wildman–Crippen MR) is 49.3 cm³/mol. The van der Waals surface area contributed by atoms with E-state index in [0.29, 0.717) is 11.8 Å². The van der Waals surface area contributed by atoms with Gasteiger partial charge < -0.3 is 6.53 Å². The first kappa shape index (κ1) is 11.6. The van der Waals surface area contributed by atoms with E-state index in [0.717, 1.165) is 11.8 Å². The first-order valence-electron chi connectivity index (χ1n) is 5.47. The number of carboxylic acids is 1. The Morgan fingerprint density at radius 2 is 1.43 bits per heavy atom. The van der Waals surface area contributed by atoms with Crippen molar-refractivity contribution in [2.75, 3.05) is 0 Å². The summed E-state index contributed by atoms with van der Waals surface area (Å²) in [5.41, 5.74) is 0. The van der Waals surface area contributed by atoms with Crippen LogP contribution in [0, 0.1) is 29.6 Å². The molecule has 0 aromatic rings. The smallest absolute Gasteiger partial charge is 1.00 e. The van der Waals surface area contributed by atoms with Crippen LogP contribution in [0.2, 0.25) is 0 Å². The van der Waals surface area contributed by atoms with Crippen LogP contribution >= 0.6 is 0 Å². The van der Waals surface area contributed by atoms with E-state index in [2.05, 4.69) is 0 Å². The van der Waals surface area contributed by atoms with Crippen LogP contribution in [0.5, 0.6) is 0 Å². The minimum absolute atomic E-state index is 0. The molecule has 0 unspecified atom stereocenters. The molecule has 1 N–H and O–H groups in total. The molecule has 4 rings (SSSR count). The molecule has 2 nitrogen and oxygen atoms in total. The molecule has 0 aliphatic heterocycles. The van der Waals surface area contributed by atoms with Crippen molar-refractivity contribution < 1.29 is 62.7 Å². The number of carbonyl (C=O) groups is 1. The molecule has 0 atom stereocenters. The van der Waals surface area contributed by atoms with Crippen molar-refractivity contribution >= 4 is 5.97 Å². The maximum Gasteiger partial charge on any atom is 1.00 e. The summed E-state index contributed by atoms with van der Waals surface area (Å²) in [5.74, 6) is 2.35. The maximum absolute atomic E-state index is 11.1. The summed E-state index contributed by atoms with van der Waals surface area (Å²) >= 11 is 0. The molecule has 4 saturated carbocycles. The Hall–Kier alpha value is 1.11. The molecule has 0 spiro atoms. The average molecular weight is 220 g/mol. The van der Waals surface area contributed by atoms with Crippen molar-refractivity contribution in [3.8, 4) is 0 Å². The Morgan fingerprint density at radius 3 is 1.79 bits per heavy atom. The molecule has 0 aromatic heterocycles. The predicted octanol–water partition coefficient (Wildman–Crippen LogP) is -0.740. The Morgan fingerprint density at radius 1 is 1.00 bits per heavy atom. The minimum atomic E-state index is -0.520. The fourth-order valence-corrected chi connectivity index (χ4v) is 4.33. The summed E-state index contributed by atoms with van der Waals surface area (Å²) in [5, 5.41) is 9.15. The summed E-state index contributed by atoms with van der Waals surface area (Å²) in [4.78, 5) is 11.1. The molecule has 3 heteroatoms. The van der Waals surface area contributed by atoms with Crippen molar-refractivity contribution in [2.24, 2.45) is 29.6 Å². The molecule has 4 bridgehead atoms. The zero-order chi connectivity index (χ0) is 9.00. The van der Waals surface area contributed by atoms with Gasteiger partial charge in [0.2, 0.25) is 0 Å². The Balaban J connectivity index is 0.000000562. The molecule has 0 aromatic carbocycles. The van der Waals surface area contributed by atoms with Crippen LogP contribution in [-0.4, -0.2) is 11.1 Å². The van der Waals surface area contributed by atoms with Crippen molar-refractivity contribution in [3.05, 3.63) is 0 Å². The Kier molecular flexibility index (Phi) is 3.45. The molecule has 4 fully saturated rings. The van der Waals surface area contributed by atoms with Gasteiger partial charge in [0, 0.05) is 0 Å². The maximum atomic E-state index is 11.1. The normalized spacial score (nSPS) is 48.7. The summed E-state index contributed by atoms with van der Waals surface area (Å²) in [6.45, 7) is 0. The summed E-state index contributed by atoms with van der Waals surface area (Å²) in [7, 11) is 0. The van der Waals surface area contributed by atoms with Crippen LogP contribution in [0.15, 0.2) is 0 Å². The van der Waals surface area contributed by atoms with Crippen LogP contribution in [0.4, 0.5) is 0 Å². The van der Waals surface area contributed by atoms with E-state index in [1.165, 1.54) is 32.1 Å². The number of carboxylic acid groups (broad SMARTS) is 1. The quantitative estimate of drug-likeness (QED) is 0.591. The van der Waals surface area contributed by atoms with Crippen LogP contribution in [0.1, 0.15) is 33.5 Å². The van der Waals surface area contributed by atoms with E-state index in [-0.39, 0.29) is 58.7 Å². The van der Waals surface area contributed by atoms with E-state index < -0.39 is 5.97 Å². The second-order valence-corrected chi connectivity index (χ2v) is 5.29. The molecule has 4 aliphatic carbocycles.